The maximum Gasteiger partial charge on any atom is 0.211 e. The molecule has 1 rings (SSSR count). The first kappa shape index (κ1) is 13.0. The van der Waals surface area contributed by atoms with Crippen LogP contribution in [0, 0.1) is 0 Å². The van der Waals surface area contributed by atoms with E-state index in [0.29, 0.717) is 5.75 Å². The van der Waals surface area contributed by atoms with E-state index in [9.17, 15) is 4.79 Å². The summed E-state index contributed by atoms with van der Waals surface area (Å²) in [4.78, 5) is 12.0. The highest BCUT2D eigenvalue weighted by Crippen LogP contribution is 2.06. The van der Waals surface area contributed by atoms with Gasteiger partial charge in [-0.3, -0.25) is 4.79 Å². The average molecular weight is 235 g/mol. The maximum absolute atomic E-state index is 12.0. The van der Waals surface area contributed by atoms with Crippen LogP contribution in [0.3, 0.4) is 0 Å². The zero-order chi connectivity index (χ0) is 11.8. The lowest BCUT2D eigenvalue weighted by Gasteiger charge is -2.05. The molecule has 1 atom stereocenters. The summed E-state index contributed by atoms with van der Waals surface area (Å²) in [6, 6.07) is 9.55. The van der Waals surface area contributed by atoms with Crippen LogP contribution in [0.25, 0.3) is 0 Å². The Balaban J connectivity index is 2.57. The number of benzene rings is 1. The summed E-state index contributed by atoms with van der Waals surface area (Å²) in [5, 5.41) is 0. The second-order valence-electron chi connectivity index (χ2n) is 3.71. The van der Waals surface area contributed by atoms with Crippen molar-refractivity contribution in [3.05, 3.63) is 48.6 Å². The van der Waals surface area contributed by atoms with Crippen molar-refractivity contribution in [2.45, 2.75) is 13.3 Å². The van der Waals surface area contributed by atoms with Crippen molar-refractivity contribution < 1.29 is 4.79 Å². The second kappa shape index (κ2) is 7.29. The van der Waals surface area contributed by atoms with Gasteiger partial charge in [-0.05, 0) is 23.4 Å². The van der Waals surface area contributed by atoms with Gasteiger partial charge in [-0.15, -0.1) is 0 Å². The number of Topliss-reactive ketones (excluding diaryl/α,β-unsaturated/α-hetero) is 1. The lowest BCUT2D eigenvalue weighted by molar-refractivity contribution is 0.102. The van der Waals surface area contributed by atoms with Crippen LogP contribution in [0.1, 0.15) is 23.7 Å². The molecule has 0 amide bonds. The summed E-state index contributed by atoms with van der Waals surface area (Å²) in [6.45, 7) is 5.92. The van der Waals surface area contributed by atoms with Gasteiger partial charge in [0.25, 0.3) is 0 Å². The van der Waals surface area contributed by atoms with E-state index in [2.05, 4.69) is 13.5 Å². The van der Waals surface area contributed by atoms with E-state index >= 15 is 0 Å². The maximum atomic E-state index is 12.0. The molecule has 86 valence electrons. The molecule has 0 spiro atoms. The van der Waals surface area contributed by atoms with Gasteiger partial charge in [-0.1, -0.05) is 43.8 Å². The molecule has 0 saturated carbocycles. The minimum atomic E-state index is 0.177. The standard InChI is InChI=1S/C14H19OS/c1-3-10-16(11-4-2)12-14(15)13-8-6-5-7-9-13/h3,5-9H,1,4,10-12H2,2H3/q+1. The van der Waals surface area contributed by atoms with Crippen LogP contribution in [0.15, 0.2) is 43.0 Å². The Bertz CT molecular complexity index is 332. The van der Waals surface area contributed by atoms with Gasteiger partial charge in [0.05, 0.1) is 0 Å². The zero-order valence-electron chi connectivity index (χ0n) is 9.82. The summed E-state index contributed by atoms with van der Waals surface area (Å²) in [7, 11) is 0.177. The molecular weight excluding hydrogens is 216 g/mol. The molecule has 0 radical (unpaired) electrons. The first-order chi connectivity index (χ1) is 7.77. The molecule has 1 unspecified atom stereocenters. The van der Waals surface area contributed by atoms with Crippen molar-refractivity contribution in [2.75, 3.05) is 17.3 Å². The van der Waals surface area contributed by atoms with Gasteiger partial charge in [0.2, 0.25) is 5.78 Å². The molecule has 0 bridgehead atoms. The molecule has 0 aliphatic rings. The van der Waals surface area contributed by atoms with Gasteiger partial charge < -0.3 is 0 Å². The lowest BCUT2D eigenvalue weighted by atomic mass is 10.2. The monoisotopic (exact) mass is 235 g/mol. The second-order valence-corrected chi connectivity index (χ2v) is 5.96. The summed E-state index contributed by atoms with van der Waals surface area (Å²) in [5.41, 5.74) is 0.833. The van der Waals surface area contributed by atoms with Crippen molar-refractivity contribution >= 4 is 16.7 Å². The number of rotatable bonds is 7. The molecule has 1 nitrogen and oxygen atoms in total. The van der Waals surface area contributed by atoms with Gasteiger partial charge in [0.15, 0.2) is 5.75 Å². The fourth-order valence-corrected chi connectivity index (χ4v) is 3.44. The van der Waals surface area contributed by atoms with Crippen LogP contribution in [0.4, 0.5) is 0 Å². The molecule has 1 aromatic rings. The van der Waals surface area contributed by atoms with E-state index < -0.39 is 0 Å². The Labute approximate surface area is 101 Å². The quantitative estimate of drug-likeness (QED) is 0.403. The van der Waals surface area contributed by atoms with Crippen LogP contribution in [-0.2, 0) is 10.9 Å². The van der Waals surface area contributed by atoms with E-state index in [-0.39, 0.29) is 16.7 Å². The third kappa shape index (κ3) is 4.23. The van der Waals surface area contributed by atoms with Crippen LogP contribution in [0.2, 0.25) is 0 Å². The normalized spacial score (nSPS) is 12.1. The molecular formula is C14H19OS+. The molecule has 0 aliphatic heterocycles. The Kier molecular flexibility index (Phi) is 5.94. The Morgan fingerprint density at radius 1 is 1.38 bits per heavy atom. The Morgan fingerprint density at radius 2 is 2.06 bits per heavy atom. The van der Waals surface area contributed by atoms with Crippen LogP contribution in [0.5, 0.6) is 0 Å². The Morgan fingerprint density at radius 3 is 2.62 bits per heavy atom. The van der Waals surface area contributed by atoms with Gasteiger partial charge >= 0.3 is 0 Å². The fraction of sp³-hybridized carbons (Fsp3) is 0.357. The number of carbonyl (C=O) groups is 1. The minimum Gasteiger partial charge on any atom is -0.289 e. The first-order valence-electron chi connectivity index (χ1n) is 5.61. The Hall–Kier alpha value is -1.02. The largest absolute Gasteiger partial charge is 0.289 e. The lowest BCUT2D eigenvalue weighted by Crippen LogP contribution is -2.21. The number of hydrogen-bond acceptors (Lipinski definition) is 1. The highest BCUT2D eigenvalue weighted by Gasteiger charge is 2.20. The van der Waals surface area contributed by atoms with Crippen molar-refractivity contribution in [2.24, 2.45) is 0 Å². The minimum absolute atomic E-state index is 0.177. The van der Waals surface area contributed by atoms with Gasteiger partial charge in [-0.2, -0.15) is 0 Å². The zero-order valence-corrected chi connectivity index (χ0v) is 10.6. The summed E-state index contributed by atoms with van der Waals surface area (Å²) in [6.07, 6.45) is 3.07. The molecule has 1 aromatic carbocycles. The average Bonchev–Trinajstić information content (AvgIpc) is 2.31. The third-order valence-electron chi connectivity index (χ3n) is 2.28. The summed E-state index contributed by atoms with van der Waals surface area (Å²) in [5.74, 6) is 3.03. The number of carbonyl (C=O) groups excluding carboxylic acids is 1. The molecule has 0 saturated heterocycles. The SMILES string of the molecule is C=CC[S+](CCC)CC(=O)c1ccccc1. The first-order valence-corrected chi connectivity index (χ1v) is 7.34. The van der Waals surface area contributed by atoms with Crippen LogP contribution >= 0.6 is 0 Å². The van der Waals surface area contributed by atoms with Gasteiger partial charge in [0, 0.05) is 5.56 Å². The van der Waals surface area contributed by atoms with Crippen molar-refractivity contribution in [1.82, 2.24) is 0 Å². The molecule has 16 heavy (non-hydrogen) atoms. The molecule has 0 N–H and O–H groups in total. The predicted molar refractivity (Wildman–Crippen MR) is 73.2 cm³/mol. The molecule has 0 aromatic heterocycles. The predicted octanol–water partition coefficient (Wildman–Crippen LogP) is 3.08. The fourth-order valence-electron chi connectivity index (χ4n) is 1.56. The molecule has 2 heteroatoms. The van der Waals surface area contributed by atoms with E-state index in [1.807, 2.05) is 36.4 Å². The summed E-state index contributed by atoms with van der Waals surface area (Å²) < 4.78 is 0. The highest BCUT2D eigenvalue weighted by atomic mass is 32.2. The molecule has 0 fully saturated rings. The number of hydrogen-bond donors (Lipinski definition) is 0. The number of ketones is 1. The topological polar surface area (TPSA) is 17.1 Å². The van der Waals surface area contributed by atoms with Crippen LogP contribution < -0.4 is 0 Å². The summed E-state index contributed by atoms with van der Waals surface area (Å²) >= 11 is 0. The van der Waals surface area contributed by atoms with E-state index in [1.54, 1.807) is 0 Å². The van der Waals surface area contributed by atoms with E-state index in [1.165, 1.54) is 0 Å². The van der Waals surface area contributed by atoms with Crippen molar-refractivity contribution in [3.8, 4) is 0 Å². The van der Waals surface area contributed by atoms with Gasteiger partial charge in [0.1, 0.15) is 11.5 Å². The smallest absolute Gasteiger partial charge is 0.211 e. The van der Waals surface area contributed by atoms with Crippen LogP contribution in [-0.4, -0.2) is 23.0 Å². The third-order valence-corrected chi connectivity index (χ3v) is 4.64. The van der Waals surface area contributed by atoms with E-state index in [4.69, 9.17) is 0 Å². The highest BCUT2D eigenvalue weighted by molar-refractivity contribution is 7.97. The molecule has 0 heterocycles. The van der Waals surface area contributed by atoms with E-state index in [0.717, 1.165) is 23.5 Å². The van der Waals surface area contributed by atoms with Crippen molar-refractivity contribution in [1.29, 1.82) is 0 Å². The van der Waals surface area contributed by atoms with Gasteiger partial charge in [-0.25, -0.2) is 0 Å². The van der Waals surface area contributed by atoms with Crippen molar-refractivity contribution in [3.63, 3.8) is 0 Å². The molecule has 0 aliphatic carbocycles.